The fourth-order valence-electron chi connectivity index (χ4n) is 3.67. The van der Waals surface area contributed by atoms with E-state index < -0.39 is 0 Å². The third-order valence-electron chi connectivity index (χ3n) is 4.98. The molecule has 0 saturated heterocycles. The van der Waals surface area contributed by atoms with Crippen LogP contribution >= 0.6 is 0 Å². The summed E-state index contributed by atoms with van der Waals surface area (Å²) in [7, 11) is 0. The van der Waals surface area contributed by atoms with Gasteiger partial charge >= 0.3 is 6.03 Å². The average molecular weight is 306 g/mol. The second-order valence-corrected chi connectivity index (χ2v) is 6.55. The van der Waals surface area contributed by atoms with Crippen molar-refractivity contribution in [3.8, 4) is 0 Å². The van der Waals surface area contributed by atoms with Gasteiger partial charge in [-0.2, -0.15) is 5.10 Å². The van der Waals surface area contributed by atoms with E-state index in [1.54, 1.807) is 6.20 Å². The Balaban J connectivity index is 1.52. The van der Waals surface area contributed by atoms with E-state index in [0.29, 0.717) is 12.6 Å². The molecule has 0 spiro atoms. The Hall–Kier alpha value is -1.56. The van der Waals surface area contributed by atoms with E-state index in [0.717, 1.165) is 37.9 Å². The van der Waals surface area contributed by atoms with Gasteiger partial charge in [0.05, 0.1) is 18.3 Å². The van der Waals surface area contributed by atoms with Crippen molar-refractivity contribution in [2.75, 3.05) is 11.9 Å². The minimum absolute atomic E-state index is 0.189. The highest BCUT2D eigenvalue weighted by atomic mass is 16.3. The molecule has 2 aliphatic rings. The number of rotatable bonds is 4. The Labute approximate surface area is 131 Å². The number of amides is 2. The molecule has 1 heterocycles. The van der Waals surface area contributed by atoms with Crippen LogP contribution in [0.3, 0.4) is 0 Å². The fraction of sp³-hybridized carbons (Fsp3) is 0.750. The summed E-state index contributed by atoms with van der Waals surface area (Å²) < 4.78 is 1.95. The predicted octanol–water partition coefficient (Wildman–Crippen LogP) is 2.67. The van der Waals surface area contributed by atoms with Gasteiger partial charge in [0.2, 0.25) is 0 Å². The summed E-state index contributed by atoms with van der Waals surface area (Å²) in [5.41, 5.74) is 0. The molecule has 2 saturated carbocycles. The highest BCUT2D eigenvalue weighted by molar-refractivity contribution is 5.88. The van der Waals surface area contributed by atoms with Gasteiger partial charge in [-0.1, -0.05) is 25.7 Å². The van der Waals surface area contributed by atoms with E-state index in [2.05, 4.69) is 15.7 Å². The van der Waals surface area contributed by atoms with Crippen LogP contribution in [-0.4, -0.2) is 33.6 Å². The van der Waals surface area contributed by atoms with Gasteiger partial charge in [-0.3, -0.25) is 5.32 Å². The molecule has 0 bridgehead atoms. The van der Waals surface area contributed by atoms with Gasteiger partial charge in [-0.15, -0.1) is 0 Å². The van der Waals surface area contributed by atoms with Gasteiger partial charge in [-0.25, -0.2) is 9.48 Å². The van der Waals surface area contributed by atoms with Crippen LogP contribution in [0.1, 0.15) is 57.4 Å². The molecule has 2 amide bonds. The molecular weight excluding hydrogens is 280 g/mol. The van der Waals surface area contributed by atoms with Gasteiger partial charge in [-0.05, 0) is 25.7 Å². The molecule has 1 aromatic heterocycles. The van der Waals surface area contributed by atoms with E-state index in [9.17, 15) is 9.90 Å². The first-order valence-corrected chi connectivity index (χ1v) is 8.50. The molecule has 22 heavy (non-hydrogen) atoms. The number of anilines is 1. The summed E-state index contributed by atoms with van der Waals surface area (Å²) in [5, 5.41) is 19.9. The number of aliphatic hydroxyl groups excluding tert-OH is 1. The molecule has 1 aromatic rings. The van der Waals surface area contributed by atoms with Crippen molar-refractivity contribution in [2.24, 2.45) is 5.92 Å². The molecule has 122 valence electrons. The van der Waals surface area contributed by atoms with Crippen LogP contribution < -0.4 is 10.6 Å². The lowest BCUT2D eigenvalue weighted by Gasteiger charge is -2.24. The van der Waals surface area contributed by atoms with E-state index >= 15 is 0 Å². The number of aromatic nitrogens is 2. The summed E-state index contributed by atoms with van der Waals surface area (Å²) in [5.74, 6) is 0.949. The second-order valence-electron chi connectivity index (χ2n) is 6.55. The van der Waals surface area contributed by atoms with Crippen molar-refractivity contribution in [3.05, 3.63) is 12.3 Å². The minimum atomic E-state index is -0.270. The first kappa shape index (κ1) is 15.3. The number of nitrogens with zero attached hydrogens (tertiary/aromatic N) is 2. The Morgan fingerprint density at radius 2 is 2.05 bits per heavy atom. The van der Waals surface area contributed by atoms with Gasteiger partial charge in [0.1, 0.15) is 5.82 Å². The summed E-state index contributed by atoms with van der Waals surface area (Å²) in [6.45, 7) is 0.532. The highest BCUT2D eigenvalue weighted by Gasteiger charge is 2.25. The number of hydrogen-bond acceptors (Lipinski definition) is 3. The minimum Gasteiger partial charge on any atom is -0.393 e. The third-order valence-corrected chi connectivity index (χ3v) is 4.98. The van der Waals surface area contributed by atoms with Gasteiger partial charge in [0.15, 0.2) is 0 Å². The summed E-state index contributed by atoms with van der Waals surface area (Å²) in [4.78, 5) is 12.1. The van der Waals surface area contributed by atoms with Crippen LogP contribution in [-0.2, 0) is 0 Å². The third kappa shape index (κ3) is 3.61. The topological polar surface area (TPSA) is 79.2 Å². The molecule has 0 aliphatic heterocycles. The van der Waals surface area contributed by atoms with Crippen molar-refractivity contribution in [2.45, 2.75) is 63.5 Å². The monoisotopic (exact) mass is 306 g/mol. The van der Waals surface area contributed by atoms with Crippen LogP contribution in [0.15, 0.2) is 12.3 Å². The fourth-order valence-corrected chi connectivity index (χ4v) is 3.67. The number of carbonyl (C=O) groups is 1. The van der Waals surface area contributed by atoms with Crippen molar-refractivity contribution in [1.82, 2.24) is 15.1 Å². The molecule has 6 nitrogen and oxygen atoms in total. The zero-order valence-corrected chi connectivity index (χ0v) is 13.0. The number of aliphatic hydroxyl groups is 1. The molecule has 3 rings (SSSR count). The average Bonchev–Trinajstić information content (AvgIpc) is 3.15. The first-order valence-electron chi connectivity index (χ1n) is 8.50. The Bertz CT molecular complexity index is 496. The molecule has 3 N–H and O–H groups in total. The normalized spacial score (nSPS) is 26.0. The van der Waals surface area contributed by atoms with Gasteiger partial charge in [0.25, 0.3) is 0 Å². The number of nitrogens with one attached hydrogen (secondary N) is 2. The molecule has 0 aromatic carbocycles. The van der Waals surface area contributed by atoms with E-state index in [1.165, 1.54) is 19.3 Å². The summed E-state index contributed by atoms with van der Waals surface area (Å²) in [6, 6.07) is 2.03. The summed E-state index contributed by atoms with van der Waals surface area (Å²) >= 11 is 0. The Kier molecular flexibility index (Phi) is 4.97. The number of hydrogen-bond donors (Lipinski definition) is 3. The Morgan fingerprint density at radius 1 is 1.23 bits per heavy atom. The molecule has 6 heteroatoms. The molecule has 2 atom stereocenters. The summed E-state index contributed by atoms with van der Waals surface area (Å²) in [6.07, 6.45) is 10.4. The van der Waals surface area contributed by atoms with Crippen LogP contribution in [0, 0.1) is 5.92 Å². The predicted molar refractivity (Wildman–Crippen MR) is 84.7 cm³/mol. The quantitative estimate of drug-likeness (QED) is 0.800. The van der Waals surface area contributed by atoms with Crippen LogP contribution in [0.5, 0.6) is 0 Å². The second kappa shape index (κ2) is 7.13. The zero-order valence-electron chi connectivity index (χ0n) is 13.0. The maximum absolute atomic E-state index is 12.1. The first-order chi connectivity index (χ1) is 10.7. The SMILES string of the molecule is O=C(NC[C@H]1CCC[C@H]1O)Nc1ccnn1C1CCCCC1. The number of carbonyl (C=O) groups excluding carboxylic acids is 1. The largest absolute Gasteiger partial charge is 0.393 e. The van der Waals surface area contributed by atoms with Crippen molar-refractivity contribution in [1.29, 1.82) is 0 Å². The lowest BCUT2D eigenvalue weighted by Crippen LogP contribution is -2.36. The maximum Gasteiger partial charge on any atom is 0.320 e. The lowest BCUT2D eigenvalue weighted by molar-refractivity contribution is 0.133. The lowest BCUT2D eigenvalue weighted by atomic mass is 9.96. The van der Waals surface area contributed by atoms with Crippen molar-refractivity contribution >= 4 is 11.8 Å². The van der Waals surface area contributed by atoms with Crippen LogP contribution in [0.25, 0.3) is 0 Å². The van der Waals surface area contributed by atoms with Gasteiger partial charge < -0.3 is 10.4 Å². The Morgan fingerprint density at radius 3 is 2.77 bits per heavy atom. The molecule has 2 fully saturated rings. The van der Waals surface area contributed by atoms with Crippen LogP contribution in [0.4, 0.5) is 10.6 Å². The maximum atomic E-state index is 12.1. The highest BCUT2D eigenvalue weighted by Crippen LogP contribution is 2.30. The van der Waals surface area contributed by atoms with Crippen molar-refractivity contribution in [3.63, 3.8) is 0 Å². The van der Waals surface area contributed by atoms with Crippen LogP contribution in [0.2, 0.25) is 0 Å². The van der Waals surface area contributed by atoms with E-state index in [-0.39, 0.29) is 18.1 Å². The van der Waals surface area contributed by atoms with Crippen molar-refractivity contribution < 1.29 is 9.90 Å². The molecule has 2 aliphatic carbocycles. The molecule has 0 unspecified atom stereocenters. The molecule has 0 radical (unpaired) electrons. The van der Waals surface area contributed by atoms with Gasteiger partial charge in [0, 0.05) is 18.5 Å². The smallest absolute Gasteiger partial charge is 0.320 e. The van der Waals surface area contributed by atoms with E-state index in [4.69, 9.17) is 0 Å². The molecular formula is C16H26N4O2. The standard InChI is InChI=1S/C16H26N4O2/c21-14-8-4-5-12(14)11-17-16(22)19-15-9-10-18-20(15)13-6-2-1-3-7-13/h9-10,12-14,21H,1-8,11H2,(H2,17,19,22)/t12-,14-/m1/s1. The zero-order chi connectivity index (χ0) is 15.4. The number of urea groups is 1. The van der Waals surface area contributed by atoms with E-state index in [1.807, 2.05) is 10.7 Å².